The quantitative estimate of drug-likeness (QED) is 0.0264. The first-order valence-corrected chi connectivity index (χ1v) is 26.6. The number of carbonyl (C=O) groups is 2. The largest absolute Gasteiger partial charge is 0.435 e. The number of hydrogen-bond donors (Lipinski definition) is 3. The van der Waals surface area contributed by atoms with E-state index in [1.54, 1.807) is 48.5 Å². The van der Waals surface area contributed by atoms with Crippen LogP contribution in [0.1, 0.15) is 81.5 Å². The zero-order valence-electron chi connectivity index (χ0n) is 43.3. The number of alkyl halides is 6. The van der Waals surface area contributed by atoms with Crippen molar-refractivity contribution in [3.05, 3.63) is 162 Å². The van der Waals surface area contributed by atoms with Gasteiger partial charge < -0.3 is 39.5 Å². The third kappa shape index (κ3) is 13.7. The zero-order valence-corrected chi connectivity index (χ0v) is 46.4. The molecule has 6 aromatic rings. The van der Waals surface area contributed by atoms with Crippen molar-refractivity contribution in [3.8, 4) is 0 Å². The normalized spacial score (nSPS) is 18.7. The maximum atomic E-state index is 14.4. The molecule has 2 saturated carbocycles. The van der Waals surface area contributed by atoms with Gasteiger partial charge in [0.25, 0.3) is 23.0 Å². The Morgan fingerprint density at radius 2 is 1.06 bits per heavy atom. The van der Waals surface area contributed by atoms with Gasteiger partial charge in [0.05, 0.1) is 57.4 Å². The Hall–Kier alpha value is -6.37. The summed E-state index contributed by atoms with van der Waals surface area (Å²) in [6.07, 6.45) is -5.63. The molecule has 0 aromatic heterocycles. The van der Waals surface area contributed by atoms with Crippen LogP contribution in [0.4, 0.5) is 35.1 Å². The molecule has 2 fully saturated rings. The summed E-state index contributed by atoms with van der Waals surface area (Å²) >= 11 is 23.1. The predicted molar refractivity (Wildman–Crippen MR) is 293 cm³/mol. The molecule has 26 heteroatoms. The summed E-state index contributed by atoms with van der Waals surface area (Å²) < 4.78 is 124. The minimum Gasteiger partial charge on any atom is -0.396 e. The highest BCUT2D eigenvalue weighted by Gasteiger charge is 2.64. The number of halogens is 12. The highest BCUT2D eigenvalue weighted by molar-refractivity contribution is 6.35. The highest BCUT2D eigenvalue weighted by atomic mass is 35.5. The summed E-state index contributed by atoms with van der Waals surface area (Å²) in [5.41, 5.74) is -5.55. The number of hydrogen-bond acceptors (Lipinski definition) is 12. The van der Waals surface area contributed by atoms with Crippen LogP contribution < -0.4 is 16.5 Å². The average Bonchev–Trinajstić information content (AvgIpc) is 4.30. The first kappa shape index (κ1) is 61.7. The maximum absolute atomic E-state index is 14.4. The molecule has 2 unspecified atom stereocenters. The van der Waals surface area contributed by atoms with Gasteiger partial charge in [-0.2, -0.15) is 26.3 Å². The monoisotopic (exact) mass is 1230 g/mol. The van der Waals surface area contributed by atoms with Gasteiger partial charge in [-0.1, -0.05) is 123 Å². The number of methoxy groups -OCH3 is 2. The van der Waals surface area contributed by atoms with Crippen molar-refractivity contribution in [2.24, 2.45) is 33.2 Å². The first-order chi connectivity index (χ1) is 39.1. The second kappa shape index (κ2) is 26.0. The fraction of sp³-hybridized carbons (Fsp3) is 0.339. The molecule has 2 aliphatic carbocycles. The third-order valence-corrected chi connectivity index (χ3v) is 14.8. The van der Waals surface area contributed by atoms with E-state index < -0.39 is 97.4 Å². The predicted octanol–water partition coefficient (Wildman–Crippen LogP) is 13.5. The average molecular weight is 1230 g/mol. The molecule has 2 atom stereocenters. The van der Waals surface area contributed by atoms with Crippen LogP contribution in [-0.2, 0) is 40.0 Å². The molecule has 6 aromatic carbocycles. The van der Waals surface area contributed by atoms with Crippen LogP contribution in [-0.4, -0.2) is 88.6 Å². The van der Waals surface area contributed by atoms with Crippen molar-refractivity contribution >= 4 is 97.4 Å². The fourth-order valence-corrected chi connectivity index (χ4v) is 9.86. The van der Waals surface area contributed by atoms with Crippen LogP contribution >= 0.6 is 46.4 Å². The second-order valence-electron chi connectivity index (χ2n) is 19.3. The van der Waals surface area contributed by atoms with Crippen molar-refractivity contribution in [3.63, 3.8) is 0 Å². The second-order valence-corrected chi connectivity index (χ2v) is 20.9. The SMILES string of the molecule is COC(CNC(=O)c1ccc(C2=NOC(c3cc(Cl)c(F)c(Cl)c3)(C(F)(F)F)C2)c2ccccc12)OC.NOCC1CC1.O=C(NC/C=N/OCC1CC1)c1ccc(C2=NOC(c3cc(Cl)c(F)c(Cl)c3)(C(F)(F)F)C2)c2ccccc12. The molecular weight excluding hydrogens is 1180 g/mol. The minimum atomic E-state index is -4.95. The lowest BCUT2D eigenvalue weighted by atomic mass is 9.85. The van der Waals surface area contributed by atoms with Gasteiger partial charge in [0, 0.05) is 60.4 Å². The molecule has 2 heterocycles. The summed E-state index contributed by atoms with van der Waals surface area (Å²) in [4.78, 5) is 45.4. The van der Waals surface area contributed by atoms with Crippen LogP contribution in [0, 0.1) is 23.5 Å². The number of ether oxygens (including phenoxy) is 2. The molecule has 0 spiro atoms. The number of amides is 2. The summed E-state index contributed by atoms with van der Waals surface area (Å²) in [5, 5.41) is 16.5. The molecule has 2 aliphatic heterocycles. The molecule has 4 N–H and O–H groups in total. The van der Waals surface area contributed by atoms with Crippen molar-refractivity contribution in [2.75, 3.05) is 40.5 Å². The number of carbonyl (C=O) groups excluding carboxylic acids is 2. The van der Waals surface area contributed by atoms with E-state index in [2.05, 4.69) is 30.9 Å². The van der Waals surface area contributed by atoms with Gasteiger partial charge in [0.15, 0.2) is 17.9 Å². The Kier molecular flexibility index (Phi) is 19.6. The summed E-state index contributed by atoms with van der Waals surface area (Å²) in [6.45, 7) is 1.54. The number of benzene rings is 6. The summed E-state index contributed by atoms with van der Waals surface area (Å²) in [6, 6.07) is 22.8. The van der Waals surface area contributed by atoms with Crippen LogP contribution in [0.5, 0.6) is 0 Å². The number of nitrogens with zero attached hydrogens (tertiary/aromatic N) is 3. The Bertz CT molecular complexity index is 3390. The van der Waals surface area contributed by atoms with Crippen LogP contribution in [0.2, 0.25) is 20.1 Å². The maximum Gasteiger partial charge on any atom is 0.435 e. The molecule has 4 aliphatic rings. The minimum absolute atomic E-state index is 0.00741. The molecular formula is C56H50Cl4F8N6O8. The number of rotatable bonds is 17. The molecule has 436 valence electrons. The smallest absolute Gasteiger partial charge is 0.396 e. The summed E-state index contributed by atoms with van der Waals surface area (Å²) in [7, 11) is 2.87. The topological polar surface area (TPSA) is 177 Å². The number of fused-ring (bicyclic) bond motifs is 2. The van der Waals surface area contributed by atoms with Gasteiger partial charge in [-0.05, 0) is 95.5 Å². The van der Waals surface area contributed by atoms with E-state index in [1.165, 1.54) is 57.5 Å². The molecule has 0 bridgehead atoms. The standard InChI is InChI=1S/C27H21Cl2F4N3O3.C25H20Cl2F4N2O4.C4H9NO/c28-21-11-16(12-22(29)24(21)30)26(27(31,32)33)13-23(36-39-26)19-7-8-20(18-4-2-1-3-17(18)19)25(37)34-9-10-35-38-14-15-5-6-15;1-35-21(36-2)12-32-23(34)17-8-7-16(14-5-3-4-6-15(14)17)20-11-24(37-33-20,25(29,30)31)13-9-18(26)22(28)19(27)10-13;5-6-3-4-1-2-4/h1-4,7-8,10-12,15H,5-6,9,13-14H2,(H,34,37);3-10,21H,11-12H2,1-2H3,(H,32,34);4H,1-3,5H2/b35-10+;;. The zero-order chi connectivity index (χ0) is 59.1. The Balaban J connectivity index is 0.000000195. The van der Waals surface area contributed by atoms with Crippen LogP contribution in [0.3, 0.4) is 0 Å². The molecule has 2 amide bonds. The van der Waals surface area contributed by atoms with Crippen molar-refractivity contribution in [1.82, 2.24) is 10.6 Å². The third-order valence-electron chi connectivity index (χ3n) is 13.7. The van der Waals surface area contributed by atoms with Gasteiger partial charge in [0.2, 0.25) is 0 Å². The lowest BCUT2D eigenvalue weighted by Gasteiger charge is -2.29. The lowest BCUT2D eigenvalue weighted by Crippen LogP contribution is -2.42. The fourth-order valence-electron chi connectivity index (χ4n) is 8.88. The van der Waals surface area contributed by atoms with E-state index in [1.807, 2.05) is 0 Å². The van der Waals surface area contributed by atoms with E-state index in [-0.39, 0.29) is 24.5 Å². The van der Waals surface area contributed by atoms with Gasteiger partial charge in [-0.25, -0.2) is 14.7 Å². The van der Waals surface area contributed by atoms with Crippen molar-refractivity contribution < 1.29 is 73.5 Å². The van der Waals surface area contributed by atoms with Crippen LogP contribution in [0.15, 0.2) is 113 Å². The highest BCUT2D eigenvalue weighted by Crippen LogP contribution is 2.52. The molecule has 82 heavy (non-hydrogen) atoms. The van der Waals surface area contributed by atoms with E-state index >= 15 is 0 Å². The Labute approximate surface area is 483 Å². The molecule has 14 nitrogen and oxygen atoms in total. The molecule has 10 rings (SSSR count). The molecule has 0 radical (unpaired) electrons. The van der Waals surface area contributed by atoms with Crippen molar-refractivity contribution in [1.29, 1.82) is 0 Å². The van der Waals surface area contributed by atoms with E-state index in [0.29, 0.717) is 56.3 Å². The Morgan fingerprint density at radius 1 is 0.659 bits per heavy atom. The Morgan fingerprint density at radius 3 is 1.44 bits per heavy atom. The number of oxime groups is 3. The van der Waals surface area contributed by atoms with E-state index in [4.69, 9.17) is 76.3 Å². The van der Waals surface area contributed by atoms with Gasteiger partial charge >= 0.3 is 12.4 Å². The van der Waals surface area contributed by atoms with Crippen LogP contribution in [0.25, 0.3) is 21.5 Å². The number of nitrogens with two attached hydrogens (primary N) is 1. The van der Waals surface area contributed by atoms with E-state index in [0.717, 1.165) is 49.6 Å². The van der Waals surface area contributed by atoms with Gasteiger partial charge in [-0.15, -0.1) is 0 Å². The summed E-state index contributed by atoms with van der Waals surface area (Å²) in [5.74, 6) is 3.24. The lowest BCUT2D eigenvalue weighted by molar-refractivity contribution is -0.276. The van der Waals surface area contributed by atoms with Gasteiger partial charge in [-0.3, -0.25) is 9.59 Å². The first-order valence-electron chi connectivity index (χ1n) is 25.1. The number of nitrogens with one attached hydrogen (secondary N) is 2. The van der Waals surface area contributed by atoms with Crippen molar-refractivity contribution in [2.45, 2.75) is 68.4 Å². The van der Waals surface area contributed by atoms with Gasteiger partial charge in [0.1, 0.15) is 6.61 Å². The molecule has 0 saturated heterocycles. The van der Waals surface area contributed by atoms with E-state index in [9.17, 15) is 44.7 Å².